The summed E-state index contributed by atoms with van der Waals surface area (Å²) in [6.07, 6.45) is 6.80. The number of likely N-dealkylation sites (tertiary alicyclic amines) is 1. The van der Waals surface area contributed by atoms with Gasteiger partial charge in [0.25, 0.3) is 5.91 Å². The fourth-order valence-electron chi connectivity index (χ4n) is 6.16. The predicted octanol–water partition coefficient (Wildman–Crippen LogP) is 3.46. The van der Waals surface area contributed by atoms with Crippen molar-refractivity contribution in [3.05, 3.63) is 28.2 Å². The van der Waals surface area contributed by atoms with Gasteiger partial charge in [-0.1, -0.05) is 29.6 Å². The van der Waals surface area contributed by atoms with Crippen molar-refractivity contribution in [3.8, 4) is 11.8 Å². The molecule has 0 radical (unpaired) electrons. The number of hydrogen-bond acceptors (Lipinski definition) is 5. The van der Waals surface area contributed by atoms with Gasteiger partial charge in [-0.15, -0.1) is 0 Å². The van der Waals surface area contributed by atoms with Crippen LogP contribution in [0, 0.1) is 29.1 Å². The van der Waals surface area contributed by atoms with E-state index in [0.717, 1.165) is 44.9 Å². The number of fused-ring (bicyclic) bond motifs is 1. The summed E-state index contributed by atoms with van der Waals surface area (Å²) in [5.41, 5.74) is -0.0144. The van der Waals surface area contributed by atoms with Gasteiger partial charge in [-0.25, -0.2) is 0 Å². The summed E-state index contributed by atoms with van der Waals surface area (Å²) in [6.45, 7) is 0.236. The molecule has 36 heavy (non-hydrogen) atoms. The Bertz CT molecular complexity index is 1100. The maximum Gasteiger partial charge on any atom is 0.261 e. The Balaban J connectivity index is 1.22. The van der Waals surface area contributed by atoms with Crippen LogP contribution in [0.4, 0.5) is 0 Å². The Morgan fingerprint density at radius 1 is 1.25 bits per heavy atom. The van der Waals surface area contributed by atoms with E-state index in [1.807, 2.05) is 0 Å². The number of hydrogen-bond donors (Lipinski definition) is 2. The van der Waals surface area contributed by atoms with E-state index < -0.39 is 12.1 Å². The summed E-state index contributed by atoms with van der Waals surface area (Å²) in [7, 11) is 0. The van der Waals surface area contributed by atoms with Crippen molar-refractivity contribution in [1.82, 2.24) is 15.5 Å². The molecule has 1 aromatic rings. The van der Waals surface area contributed by atoms with Crippen LogP contribution in [0.5, 0.6) is 5.75 Å². The smallest absolute Gasteiger partial charge is 0.261 e. The molecule has 1 unspecified atom stereocenters. The number of nitrogens with one attached hydrogen (secondary N) is 2. The second-order valence-corrected chi connectivity index (χ2v) is 11.5. The van der Waals surface area contributed by atoms with Crippen LogP contribution in [-0.4, -0.2) is 53.4 Å². The summed E-state index contributed by atoms with van der Waals surface area (Å²) in [5.74, 6) is -0.297. The zero-order valence-electron chi connectivity index (χ0n) is 20.0. The molecular formula is C26H30Cl2N4O4. The average molecular weight is 533 g/mol. The molecule has 5 atom stereocenters. The molecule has 3 amide bonds. The fraction of sp³-hybridized carbons (Fsp3) is 0.615. The number of carbonyl (C=O) groups is 3. The third kappa shape index (κ3) is 5.14. The lowest BCUT2D eigenvalue weighted by molar-refractivity contribution is -0.141. The summed E-state index contributed by atoms with van der Waals surface area (Å²) >= 11 is 12.1. The van der Waals surface area contributed by atoms with Gasteiger partial charge in [-0.05, 0) is 75.0 Å². The zero-order valence-corrected chi connectivity index (χ0v) is 21.5. The van der Waals surface area contributed by atoms with Crippen LogP contribution in [0.1, 0.15) is 51.4 Å². The topological polar surface area (TPSA) is 112 Å². The SMILES string of the molecule is N#C[C@H](C[C@@H]1CCC2(CC2)NC1=O)NC(=O)[C@@H]1[C@H]2CCCC2CN1C(=O)COc1ccc(Cl)cc1Cl. The minimum Gasteiger partial charge on any atom is -0.482 e. The van der Waals surface area contributed by atoms with Gasteiger partial charge >= 0.3 is 0 Å². The van der Waals surface area contributed by atoms with E-state index in [9.17, 15) is 19.6 Å². The molecular weight excluding hydrogens is 503 g/mol. The third-order valence-corrected chi connectivity index (χ3v) is 8.83. The minimum atomic E-state index is -0.789. The Morgan fingerprint density at radius 3 is 2.75 bits per heavy atom. The van der Waals surface area contributed by atoms with E-state index in [2.05, 4.69) is 16.7 Å². The van der Waals surface area contributed by atoms with Gasteiger partial charge in [0, 0.05) is 23.0 Å². The highest BCUT2D eigenvalue weighted by Crippen LogP contribution is 2.44. The van der Waals surface area contributed by atoms with Crippen LogP contribution in [0.25, 0.3) is 0 Å². The number of nitriles is 1. The zero-order chi connectivity index (χ0) is 25.4. The first-order chi connectivity index (χ1) is 17.3. The number of ether oxygens (including phenoxy) is 1. The molecule has 4 fully saturated rings. The summed E-state index contributed by atoms with van der Waals surface area (Å²) in [5, 5.41) is 16.5. The third-order valence-electron chi connectivity index (χ3n) is 8.30. The van der Waals surface area contributed by atoms with Gasteiger partial charge in [0.1, 0.15) is 17.8 Å². The molecule has 2 N–H and O–H groups in total. The van der Waals surface area contributed by atoms with Crippen molar-refractivity contribution < 1.29 is 19.1 Å². The highest BCUT2D eigenvalue weighted by Gasteiger charge is 2.50. The second-order valence-electron chi connectivity index (χ2n) is 10.6. The van der Waals surface area contributed by atoms with Crippen molar-refractivity contribution in [3.63, 3.8) is 0 Å². The van der Waals surface area contributed by atoms with Crippen LogP contribution < -0.4 is 15.4 Å². The first-order valence-electron chi connectivity index (χ1n) is 12.7. The van der Waals surface area contributed by atoms with Gasteiger partial charge in [0.05, 0.1) is 11.1 Å². The highest BCUT2D eigenvalue weighted by atomic mass is 35.5. The van der Waals surface area contributed by atoms with Crippen LogP contribution in [0.15, 0.2) is 18.2 Å². The van der Waals surface area contributed by atoms with Crippen LogP contribution in [0.2, 0.25) is 10.0 Å². The first kappa shape index (κ1) is 25.2. The molecule has 2 heterocycles. The number of carbonyl (C=O) groups excluding carboxylic acids is 3. The molecule has 10 heteroatoms. The molecule has 2 aliphatic carbocycles. The number of rotatable bonds is 7. The lowest BCUT2D eigenvalue weighted by atomic mass is 9.87. The van der Waals surface area contributed by atoms with Gasteiger partial charge in [0.2, 0.25) is 11.8 Å². The van der Waals surface area contributed by atoms with Gasteiger partial charge < -0.3 is 20.3 Å². The monoisotopic (exact) mass is 532 g/mol. The summed E-state index contributed by atoms with van der Waals surface area (Å²) < 4.78 is 5.64. The summed E-state index contributed by atoms with van der Waals surface area (Å²) in [4.78, 5) is 40.7. The van der Waals surface area contributed by atoms with E-state index in [1.54, 1.807) is 23.1 Å². The molecule has 5 rings (SSSR count). The van der Waals surface area contributed by atoms with E-state index in [-0.39, 0.29) is 54.0 Å². The molecule has 2 saturated carbocycles. The van der Waals surface area contributed by atoms with Crippen LogP contribution in [0.3, 0.4) is 0 Å². The van der Waals surface area contributed by atoms with Crippen molar-refractivity contribution in [1.29, 1.82) is 5.26 Å². The van der Waals surface area contributed by atoms with Crippen molar-refractivity contribution in [2.24, 2.45) is 17.8 Å². The molecule has 2 aliphatic heterocycles. The quantitative estimate of drug-likeness (QED) is 0.558. The lowest BCUT2D eigenvalue weighted by Crippen LogP contribution is -2.53. The predicted molar refractivity (Wildman–Crippen MR) is 133 cm³/mol. The largest absolute Gasteiger partial charge is 0.482 e. The van der Waals surface area contributed by atoms with Gasteiger partial charge in [-0.2, -0.15) is 5.26 Å². The molecule has 1 aromatic carbocycles. The maximum atomic E-state index is 13.4. The normalized spacial score (nSPS) is 28.7. The highest BCUT2D eigenvalue weighted by molar-refractivity contribution is 6.35. The average Bonchev–Trinajstić information content (AvgIpc) is 3.25. The standard InChI is InChI=1S/C26H30Cl2N4O4/c27-17-4-5-21(20(28)11-17)36-14-22(33)32-13-16-2-1-3-19(16)23(32)25(35)30-18(12-29)10-15-6-7-26(8-9-26)31-24(15)34/h4-5,11,15-16,18-19,23H,1-3,6-10,13-14H2,(H,30,35)(H,31,34)/t15-,16?,18-,19-,23-/m0/s1. The number of piperidine rings is 1. The lowest BCUT2D eigenvalue weighted by Gasteiger charge is -2.31. The second kappa shape index (κ2) is 10.1. The molecule has 4 aliphatic rings. The number of nitrogens with zero attached hydrogens (tertiary/aromatic N) is 2. The van der Waals surface area contributed by atoms with Crippen molar-refractivity contribution in [2.75, 3.05) is 13.2 Å². The van der Waals surface area contributed by atoms with E-state index in [4.69, 9.17) is 27.9 Å². The van der Waals surface area contributed by atoms with E-state index in [0.29, 0.717) is 22.3 Å². The first-order valence-corrected chi connectivity index (χ1v) is 13.4. The van der Waals surface area contributed by atoms with E-state index in [1.165, 1.54) is 0 Å². The Morgan fingerprint density at radius 2 is 2.06 bits per heavy atom. The Labute approximate surface area is 220 Å². The van der Waals surface area contributed by atoms with Gasteiger partial charge in [-0.3, -0.25) is 14.4 Å². The van der Waals surface area contributed by atoms with Crippen molar-refractivity contribution >= 4 is 40.9 Å². The fourth-order valence-corrected chi connectivity index (χ4v) is 6.62. The molecule has 0 bridgehead atoms. The van der Waals surface area contributed by atoms with Gasteiger partial charge in [0.15, 0.2) is 6.61 Å². The van der Waals surface area contributed by atoms with Crippen LogP contribution >= 0.6 is 23.2 Å². The molecule has 8 nitrogen and oxygen atoms in total. The Kier molecular flexibility index (Phi) is 7.06. The number of halogens is 2. The summed E-state index contributed by atoms with van der Waals surface area (Å²) in [6, 6.07) is 5.48. The molecule has 192 valence electrons. The Hall–Kier alpha value is -2.50. The molecule has 0 aromatic heterocycles. The molecule has 2 saturated heterocycles. The number of benzene rings is 1. The molecule has 1 spiro atoms. The number of amides is 3. The maximum absolute atomic E-state index is 13.4. The van der Waals surface area contributed by atoms with Crippen LogP contribution in [-0.2, 0) is 14.4 Å². The van der Waals surface area contributed by atoms with E-state index >= 15 is 0 Å². The van der Waals surface area contributed by atoms with Crippen molar-refractivity contribution in [2.45, 2.75) is 69.0 Å². The minimum absolute atomic E-state index is 0.0144.